The summed E-state index contributed by atoms with van der Waals surface area (Å²) >= 11 is 0. The van der Waals surface area contributed by atoms with Crippen LogP contribution in [-0.2, 0) is 36.8 Å². The van der Waals surface area contributed by atoms with E-state index < -0.39 is 48.2 Å². The number of carbonyl (C=O) groups is 5. The molecule has 4 aromatic rings. The number of nitrogens with two attached hydrogens (primary N) is 1. The molecule has 4 aromatic carbocycles. The molecular weight excluding hydrogens is 584 g/mol. The van der Waals surface area contributed by atoms with Gasteiger partial charge in [-0.05, 0) is 51.4 Å². The summed E-state index contributed by atoms with van der Waals surface area (Å²) in [5.74, 6) is -4.05. The van der Waals surface area contributed by atoms with E-state index in [0.29, 0.717) is 6.42 Å². The lowest BCUT2D eigenvalue weighted by atomic mass is 9.95. The first kappa shape index (κ1) is 33.6. The number of benzene rings is 4. The van der Waals surface area contributed by atoms with E-state index in [1.54, 1.807) is 30.3 Å². The number of hydrogen-bond donors (Lipinski definition) is 5. The molecule has 0 radical (unpaired) electrons. The Morgan fingerprint density at radius 2 is 1.30 bits per heavy atom. The maximum Gasteiger partial charge on any atom is 0.305 e. The second-order valence-electron chi connectivity index (χ2n) is 11.9. The Morgan fingerprint density at radius 3 is 1.96 bits per heavy atom. The summed E-state index contributed by atoms with van der Waals surface area (Å²) in [5.41, 5.74) is 7.26. The lowest BCUT2D eigenvalue weighted by Crippen LogP contribution is -2.57. The van der Waals surface area contributed by atoms with Crippen molar-refractivity contribution in [3.8, 4) is 0 Å². The summed E-state index contributed by atoms with van der Waals surface area (Å²) in [7, 11) is 0. The molecule has 0 aromatic heterocycles. The second kappa shape index (κ2) is 15.7. The van der Waals surface area contributed by atoms with Crippen LogP contribution < -0.4 is 21.7 Å². The van der Waals surface area contributed by atoms with Gasteiger partial charge < -0.3 is 26.8 Å². The second-order valence-corrected chi connectivity index (χ2v) is 11.9. The number of rotatable bonds is 15. The van der Waals surface area contributed by atoms with Crippen LogP contribution in [0.25, 0.3) is 21.5 Å². The molecule has 0 saturated heterocycles. The zero-order valence-corrected chi connectivity index (χ0v) is 26.0. The highest BCUT2D eigenvalue weighted by molar-refractivity contribution is 6.09. The Morgan fingerprint density at radius 1 is 0.717 bits per heavy atom. The fraction of sp³-hybridized carbons (Fsp3) is 0.306. The molecule has 0 bridgehead atoms. The van der Waals surface area contributed by atoms with Crippen molar-refractivity contribution in [3.05, 3.63) is 96.1 Å². The Balaban J connectivity index is 1.45. The van der Waals surface area contributed by atoms with Crippen LogP contribution in [0.15, 0.2) is 84.9 Å². The van der Waals surface area contributed by atoms with Crippen LogP contribution in [0, 0.1) is 5.92 Å². The van der Waals surface area contributed by atoms with E-state index in [-0.39, 0.29) is 31.1 Å². The maximum atomic E-state index is 13.4. The molecule has 0 heterocycles. The van der Waals surface area contributed by atoms with E-state index in [1.165, 1.54) is 0 Å². The molecular formula is C36H40N4O6. The number of carboxylic acids is 1. The van der Waals surface area contributed by atoms with Gasteiger partial charge in [-0.2, -0.15) is 0 Å². The lowest BCUT2D eigenvalue weighted by molar-refractivity contribution is -0.141. The third-order valence-electron chi connectivity index (χ3n) is 7.79. The van der Waals surface area contributed by atoms with Crippen molar-refractivity contribution in [2.24, 2.45) is 11.7 Å². The van der Waals surface area contributed by atoms with Crippen LogP contribution in [-0.4, -0.2) is 52.8 Å². The molecule has 240 valence electrons. The van der Waals surface area contributed by atoms with Crippen molar-refractivity contribution in [1.29, 1.82) is 0 Å². The van der Waals surface area contributed by atoms with Crippen LogP contribution in [0.2, 0.25) is 0 Å². The Bertz CT molecular complexity index is 1720. The van der Waals surface area contributed by atoms with E-state index in [0.717, 1.165) is 32.7 Å². The van der Waals surface area contributed by atoms with Crippen LogP contribution in [0.4, 0.5) is 0 Å². The summed E-state index contributed by atoms with van der Waals surface area (Å²) in [4.78, 5) is 63.5. The van der Waals surface area contributed by atoms with Crippen LogP contribution >= 0.6 is 0 Å². The average molecular weight is 625 g/mol. The molecule has 4 amide bonds. The molecule has 10 nitrogen and oxygen atoms in total. The SMILES string of the molecule is CC(C)C[C@H](NC(=O)CCc1cc2ccccc2c2ccccc12)C(=O)N[C@@H](CC(=O)O)C(=O)N[C@@H](Cc1ccccc1)C(N)=O. The number of carboxylic acid groups (broad SMARTS) is 1. The van der Waals surface area contributed by atoms with Gasteiger partial charge in [-0.15, -0.1) is 0 Å². The molecule has 0 aliphatic heterocycles. The number of aryl methyl sites for hydroxylation is 1. The van der Waals surface area contributed by atoms with Crippen molar-refractivity contribution in [2.45, 2.75) is 64.1 Å². The molecule has 0 aliphatic carbocycles. The van der Waals surface area contributed by atoms with Gasteiger partial charge in [0.05, 0.1) is 6.42 Å². The summed E-state index contributed by atoms with van der Waals surface area (Å²) in [5, 5.41) is 21.6. The summed E-state index contributed by atoms with van der Waals surface area (Å²) in [6.45, 7) is 3.77. The zero-order valence-electron chi connectivity index (χ0n) is 26.0. The first-order valence-electron chi connectivity index (χ1n) is 15.4. The van der Waals surface area contributed by atoms with Crippen molar-refractivity contribution in [3.63, 3.8) is 0 Å². The van der Waals surface area contributed by atoms with E-state index in [9.17, 15) is 29.1 Å². The standard InChI is InChI=1S/C36H40N4O6/c1-22(2)18-30(38-32(41)17-16-25-20-24-12-6-7-13-26(24)28-15-9-8-14-27(25)28)35(45)40-31(21-33(42)43)36(46)39-29(34(37)44)19-23-10-4-3-5-11-23/h3-15,20,22,29-31H,16-19,21H2,1-2H3,(H2,37,44)(H,38,41)(H,39,46)(H,40,45)(H,42,43)/t29-,30-,31-/m0/s1. The van der Waals surface area contributed by atoms with E-state index in [2.05, 4.69) is 34.1 Å². The molecule has 0 unspecified atom stereocenters. The first-order valence-corrected chi connectivity index (χ1v) is 15.4. The Kier molecular flexibility index (Phi) is 11.4. The fourth-order valence-electron chi connectivity index (χ4n) is 5.56. The van der Waals surface area contributed by atoms with Gasteiger partial charge in [0.15, 0.2) is 0 Å². The third-order valence-corrected chi connectivity index (χ3v) is 7.79. The summed E-state index contributed by atoms with van der Waals surface area (Å²) in [6, 6.07) is 23.4. The molecule has 3 atom stereocenters. The molecule has 46 heavy (non-hydrogen) atoms. The number of aliphatic carboxylic acids is 1. The largest absolute Gasteiger partial charge is 0.481 e. The van der Waals surface area contributed by atoms with Crippen LogP contribution in [0.3, 0.4) is 0 Å². The first-order chi connectivity index (χ1) is 22.0. The highest BCUT2D eigenvalue weighted by Gasteiger charge is 2.31. The third kappa shape index (κ3) is 9.13. The van der Waals surface area contributed by atoms with Gasteiger partial charge in [0.25, 0.3) is 0 Å². The predicted molar refractivity (Wildman–Crippen MR) is 177 cm³/mol. The van der Waals surface area contributed by atoms with Crippen molar-refractivity contribution in [1.82, 2.24) is 16.0 Å². The quantitative estimate of drug-likeness (QED) is 0.127. The highest BCUT2D eigenvalue weighted by atomic mass is 16.4. The van der Waals surface area contributed by atoms with Crippen LogP contribution in [0.1, 0.15) is 44.2 Å². The fourth-order valence-corrected chi connectivity index (χ4v) is 5.56. The number of nitrogens with one attached hydrogen (secondary N) is 3. The smallest absolute Gasteiger partial charge is 0.305 e. The topological polar surface area (TPSA) is 168 Å². The molecule has 0 fully saturated rings. The molecule has 4 rings (SSSR count). The zero-order chi connectivity index (χ0) is 33.2. The number of hydrogen-bond acceptors (Lipinski definition) is 5. The minimum atomic E-state index is -1.50. The monoisotopic (exact) mass is 624 g/mol. The molecule has 6 N–H and O–H groups in total. The highest BCUT2D eigenvalue weighted by Crippen LogP contribution is 2.29. The van der Waals surface area contributed by atoms with E-state index >= 15 is 0 Å². The molecule has 0 aliphatic rings. The van der Waals surface area contributed by atoms with E-state index in [4.69, 9.17) is 5.73 Å². The Labute approximate surface area is 267 Å². The van der Waals surface area contributed by atoms with Crippen molar-refractivity contribution < 1.29 is 29.1 Å². The number of fused-ring (bicyclic) bond motifs is 3. The van der Waals surface area contributed by atoms with Gasteiger partial charge in [-0.3, -0.25) is 24.0 Å². The van der Waals surface area contributed by atoms with E-state index in [1.807, 2.05) is 50.2 Å². The molecule has 0 spiro atoms. The van der Waals surface area contributed by atoms with Crippen molar-refractivity contribution in [2.75, 3.05) is 0 Å². The number of primary amides is 1. The summed E-state index contributed by atoms with van der Waals surface area (Å²) in [6.07, 6.45) is 0.173. The molecule has 0 saturated carbocycles. The van der Waals surface area contributed by atoms with Gasteiger partial charge in [0, 0.05) is 12.8 Å². The van der Waals surface area contributed by atoms with Gasteiger partial charge in [0.2, 0.25) is 23.6 Å². The maximum absolute atomic E-state index is 13.4. The summed E-state index contributed by atoms with van der Waals surface area (Å²) < 4.78 is 0. The number of carbonyl (C=O) groups excluding carboxylic acids is 4. The molecule has 10 heteroatoms. The normalized spacial score (nSPS) is 13.1. The van der Waals surface area contributed by atoms with Gasteiger partial charge in [-0.1, -0.05) is 98.8 Å². The minimum absolute atomic E-state index is 0.00246. The van der Waals surface area contributed by atoms with Crippen LogP contribution in [0.5, 0.6) is 0 Å². The van der Waals surface area contributed by atoms with Gasteiger partial charge >= 0.3 is 5.97 Å². The minimum Gasteiger partial charge on any atom is -0.481 e. The lowest BCUT2D eigenvalue weighted by Gasteiger charge is -2.25. The number of amides is 4. The van der Waals surface area contributed by atoms with Gasteiger partial charge in [0.1, 0.15) is 18.1 Å². The van der Waals surface area contributed by atoms with Gasteiger partial charge in [-0.25, -0.2) is 0 Å². The predicted octanol–water partition coefficient (Wildman–Crippen LogP) is 3.63. The average Bonchev–Trinajstić information content (AvgIpc) is 3.02. The Hall–Kier alpha value is -5.25. The van der Waals surface area contributed by atoms with Crippen molar-refractivity contribution >= 4 is 51.1 Å².